The fourth-order valence-electron chi connectivity index (χ4n) is 6.03. The van der Waals surface area contributed by atoms with Gasteiger partial charge in [-0.15, -0.1) is 26.3 Å². The molecule has 0 spiro atoms. The Morgan fingerprint density at radius 2 is 0.848 bits per heavy atom. The van der Waals surface area contributed by atoms with Crippen LogP contribution in [0.15, 0.2) is 165 Å². The molecule has 3 heterocycles. The summed E-state index contributed by atoms with van der Waals surface area (Å²) in [5, 5.41) is 39.3. The highest BCUT2D eigenvalue weighted by molar-refractivity contribution is 9.10. The van der Waals surface area contributed by atoms with E-state index < -0.39 is 19.8 Å². The smallest absolute Gasteiger partial charge is 0.423 e. The van der Waals surface area contributed by atoms with Gasteiger partial charge in [0.15, 0.2) is 0 Å². The number of aryl methyl sites for hydroxylation is 1. The van der Waals surface area contributed by atoms with Crippen LogP contribution in [-0.2, 0) is 0 Å². The molecule has 6 aromatic carbocycles. The Hall–Kier alpha value is -7.62. The lowest BCUT2D eigenvalue weighted by atomic mass is 9.80. The summed E-state index contributed by atoms with van der Waals surface area (Å²) in [6.45, 7) is 1.95. The van der Waals surface area contributed by atoms with E-state index in [9.17, 15) is 40.7 Å². The van der Waals surface area contributed by atoms with Crippen molar-refractivity contribution in [1.82, 2.24) is 30.6 Å². The van der Waals surface area contributed by atoms with Gasteiger partial charge in [0, 0.05) is 20.6 Å². The first-order chi connectivity index (χ1) is 31.3. The van der Waals surface area contributed by atoms with Crippen molar-refractivity contribution in [1.29, 1.82) is 0 Å². The molecule has 0 unspecified atom stereocenters. The molecule has 0 bridgehead atoms. The van der Waals surface area contributed by atoms with E-state index in [1.54, 1.807) is 60.8 Å². The third-order valence-corrected chi connectivity index (χ3v) is 9.68. The van der Waals surface area contributed by atoms with Crippen molar-refractivity contribution >= 4 is 60.8 Å². The highest BCUT2D eigenvalue weighted by Gasteiger charge is 2.31. The minimum Gasteiger partial charge on any atom is -0.423 e. The summed E-state index contributed by atoms with van der Waals surface area (Å²) in [7, 11) is -1.35. The molecule has 0 aliphatic heterocycles. The maximum Gasteiger partial charge on any atom is 0.573 e. The first-order valence-electron chi connectivity index (χ1n) is 19.0. The number of nitrogens with zero attached hydrogens (tertiary/aromatic N) is 3. The number of nitrogens with one attached hydrogen (secondary N) is 3. The van der Waals surface area contributed by atoms with Crippen molar-refractivity contribution in [2.45, 2.75) is 19.6 Å². The van der Waals surface area contributed by atoms with Crippen LogP contribution in [-0.4, -0.2) is 60.5 Å². The zero-order chi connectivity index (χ0) is 47.6. The second-order valence-corrected chi connectivity index (χ2v) is 14.8. The monoisotopic (exact) mass is 972 g/mol. The number of aromatic nitrogens is 6. The molecular weight excluding hydrogens is 941 g/mol. The van der Waals surface area contributed by atoms with Crippen LogP contribution in [0.4, 0.5) is 26.3 Å². The van der Waals surface area contributed by atoms with Gasteiger partial charge in [-0.2, -0.15) is 15.3 Å². The van der Waals surface area contributed by atoms with Crippen molar-refractivity contribution in [3.63, 3.8) is 0 Å². The molecular formula is C45H32BBrF6N6O7. The maximum absolute atomic E-state index is 12.1. The number of alkyl halides is 6. The van der Waals surface area contributed by atoms with Crippen LogP contribution in [0.5, 0.6) is 11.5 Å². The molecule has 3 aromatic heterocycles. The molecule has 0 aliphatic carbocycles. The Bertz CT molecular complexity index is 3110. The summed E-state index contributed by atoms with van der Waals surface area (Å²) in [6, 6.07) is 33.8. The lowest BCUT2D eigenvalue weighted by Gasteiger charge is -2.09. The SMILES string of the molecule is Cc1ccc(B(O)O)cc1.O=c1[nH]ncc2ccc(-c3ccc(OC(F)(F)F)cc3)cc12.O=c1[nH]ncc2ccc(-c3ccc(OC(F)(F)F)cc3)cc12.O=c1[nH]ncc2ccc(Br)cc12. The number of aromatic amines is 3. The molecule has 21 heteroatoms. The Balaban J connectivity index is 0.000000153. The molecule has 336 valence electrons. The van der Waals surface area contributed by atoms with Gasteiger partial charge < -0.3 is 19.5 Å². The third-order valence-electron chi connectivity index (χ3n) is 9.18. The number of rotatable bonds is 5. The van der Waals surface area contributed by atoms with Crippen LogP contribution >= 0.6 is 15.9 Å². The van der Waals surface area contributed by atoms with Crippen molar-refractivity contribution < 1.29 is 45.9 Å². The lowest BCUT2D eigenvalue weighted by molar-refractivity contribution is -0.275. The third kappa shape index (κ3) is 13.5. The molecule has 0 saturated heterocycles. The zero-order valence-corrected chi connectivity index (χ0v) is 35.4. The van der Waals surface area contributed by atoms with Crippen LogP contribution < -0.4 is 31.6 Å². The van der Waals surface area contributed by atoms with E-state index in [1.807, 2.05) is 31.2 Å². The first kappa shape index (κ1) is 47.9. The summed E-state index contributed by atoms with van der Waals surface area (Å²) in [4.78, 5) is 34.6. The fourth-order valence-corrected chi connectivity index (χ4v) is 6.39. The summed E-state index contributed by atoms with van der Waals surface area (Å²) in [5.74, 6) is -0.585. The van der Waals surface area contributed by atoms with Crippen LogP contribution in [0.1, 0.15) is 5.56 Å². The van der Waals surface area contributed by atoms with Crippen molar-refractivity contribution in [3.05, 3.63) is 187 Å². The fraction of sp³-hybridized carbons (Fsp3) is 0.0667. The molecule has 9 aromatic rings. The molecule has 0 saturated carbocycles. The van der Waals surface area contributed by atoms with Gasteiger partial charge in [0.25, 0.3) is 16.7 Å². The van der Waals surface area contributed by atoms with Gasteiger partial charge in [-0.05, 0) is 83.2 Å². The summed E-state index contributed by atoms with van der Waals surface area (Å²) in [6.07, 6.45) is -4.75. The number of ether oxygens (including phenoxy) is 2. The van der Waals surface area contributed by atoms with Crippen LogP contribution in [0.3, 0.4) is 0 Å². The van der Waals surface area contributed by atoms with Gasteiger partial charge in [0.1, 0.15) is 11.5 Å². The summed E-state index contributed by atoms with van der Waals surface area (Å²) in [5.41, 5.74) is 3.61. The number of benzene rings is 6. The second kappa shape index (κ2) is 20.9. The minimum absolute atomic E-state index is 0.159. The Morgan fingerprint density at radius 3 is 1.21 bits per heavy atom. The average molecular weight is 973 g/mol. The standard InChI is InChI=1S/2C15H9F3N2O2.C8H5BrN2O.C7H9BO2/c2*16-15(17,18)22-12-5-3-9(4-6-12)10-1-2-11-8-19-20-14(21)13(11)7-10;9-6-2-1-5-4-10-11-8(12)7(5)3-6;1-6-2-4-7(5-3-6)8(9)10/h2*1-8H,(H,20,21);1-4H,(H,11,12);2-5,9-10H,1H3. The minimum atomic E-state index is -4.72. The van der Waals surface area contributed by atoms with E-state index in [2.05, 4.69) is 56.0 Å². The quantitative estimate of drug-likeness (QED) is 0.0826. The van der Waals surface area contributed by atoms with E-state index in [1.165, 1.54) is 60.9 Å². The topological polar surface area (TPSA) is 196 Å². The maximum atomic E-state index is 12.1. The number of halogens is 7. The Labute approximate surface area is 376 Å². The van der Waals surface area contributed by atoms with Gasteiger partial charge in [-0.1, -0.05) is 100 Å². The molecule has 0 aliphatic rings. The molecule has 0 amide bonds. The van der Waals surface area contributed by atoms with Crippen LogP contribution in [0.25, 0.3) is 54.6 Å². The summed E-state index contributed by atoms with van der Waals surface area (Å²) >= 11 is 3.29. The summed E-state index contributed by atoms with van der Waals surface area (Å²) < 4.78 is 81.2. The highest BCUT2D eigenvalue weighted by atomic mass is 79.9. The van der Waals surface area contributed by atoms with Crippen LogP contribution in [0, 0.1) is 6.92 Å². The molecule has 66 heavy (non-hydrogen) atoms. The van der Waals surface area contributed by atoms with Gasteiger partial charge in [-0.3, -0.25) is 14.4 Å². The Kier molecular flexibility index (Phi) is 15.2. The predicted molar refractivity (Wildman–Crippen MR) is 240 cm³/mol. The van der Waals surface area contributed by atoms with E-state index in [4.69, 9.17) is 10.0 Å². The van der Waals surface area contributed by atoms with Gasteiger partial charge >= 0.3 is 19.8 Å². The Morgan fingerprint density at radius 1 is 0.500 bits per heavy atom. The van der Waals surface area contributed by atoms with Crippen molar-refractivity contribution in [2.24, 2.45) is 0 Å². The largest absolute Gasteiger partial charge is 0.573 e. The lowest BCUT2D eigenvalue weighted by Crippen LogP contribution is -2.29. The molecule has 0 radical (unpaired) electrons. The average Bonchev–Trinajstić information content (AvgIpc) is 3.27. The van der Waals surface area contributed by atoms with Gasteiger partial charge in [0.2, 0.25) is 0 Å². The molecule has 0 atom stereocenters. The van der Waals surface area contributed by atoms with Crippen LogP contribution in [0.2, 0.25) is 0 Å². The number of H-pyrrole nitrogens is 3. The van der Waals surface area contributed by atoms with Crippen molar-refractivity contribution in [2.75, 3.05) is 0 Å². The van der Waals surface area contributed by atoms with E-state index in [0.29, 0.717) is 54.6 Å². The highest BCUT2D eigenvalue weighted by Crippen LogP contribution is 2.29. The van der Waals surface area contributed by atoms with E-state index in [0.717, 1.165) is 15.4 Å². The molecule has 9 rings (SSSR count). The number of hydrogen-bond acceptors (Lipinski definition) is 10. The van der Waals surface area contributed by atoms with Gasteiger partial charge in [0.05, 0.1) is 34.7 Å². The molecule has 13 nitrogen and oxygen atoms in total. The van der Waals surface area contributed by atoms with E-state index in [-0.39, 0.29) is 28.2 Å². The second-order valence-electron chi connectivity index (χ2n) is 13.9. The zero-order valence-electron chi connectivity index (χ0n) is 33.9. The normalized spacial score (nSPS) is 11.1. The first-order valence-corrected chi connectivity index (χ1v) is 19.8. The number of hydrogen-bond donors (Lipinski definition) is 5. The number of fused-ring (bicyclic) bond motifs is 3. The van der Waals surface area contributed by atoms with Crippen molar-refractivity contribution in [3.8, 4) is 33.8 Å². The van der Waals surface area contributed by atoms with Gasteiger partial charge in [-0.25, -0.2) is 15.3 Å². The predicted octanol–water partition coefficient (Wildman–Crippen LogP) is 8.34. The van der Waals surface area contributed by atoms with E-state index >= 15 is 0 Å². The molecule has 5 N–H and O–H groups in total. The molecule has 0 fully saturated rings.